The summed E-state index contributed by atoms with van der Waals surface area (Å²) in [5.74, 6) is -0.307. The number of benzene rings is 4. The van der Waals surface area contributed by atoms with Crippen molar-refractivity contribution in [1.82, 2.24) is 35.0 Å². The Hall–Kier alpha value is -7.42. The van der Waals surface area contributed by atoms with E-state index >= 15 is 0 Å². The van der Waals surface area contributed by atoms with Gasteiger partial charge in [0.25, 0.3) is 11.8 Å². The van der Waals surface area contributed by atoms with Crippen molar-refractivity contribution in [3.63, 3.8) is 0 Å². The topological polar surface area (TPSA) is 193 Å². The number of carbonyl (C=O) groups is 5. The van der Waals surface area contributed by atoms with Gasteiger partial charge in [0, 0.05) is 41.4 Å². The molecule has 0 bridgehead atoms. The zero-order valence-corrected chi connectivity index (χ0v) is 36.9. The summed E-state index contributed by atoms with van der Waals surface area (Å²) in [6.07, 6.45) is 2.13. The van der Waals surface area contributed by atoms with Crippen molar-refractivity contribution in [1.29, 1.82) is 0 Å². The molecular weight excluding hydrogens is 825 g/mol. The molecule has 5 amide bonds. The maximum absolute atomic E-state index is 14.3. The van der Waals surface area contributed by atoms with Crippen LogP contribution in [0.5, 0.6) is 0 Å². The van der Waals surface area contributed by atoms with Crippen LogP contribution in [0.3, 0.4) is 0 Å². The maximum Gasteiger partial charge on any atom is 0.408 e. The molecule has 2 aliphatic heterocycles. The Balaban J connectivity index is 0.939. The zero-order chi connectivity index (χ0) is 45.8. The van der Waals surface area contributed by atoms with Crippen molar-refractivity contribution in [3.8, 4) is 22.5 Å². The van der Waals surface area contributed by atoms with Crippen LogP contribution in [-0.4, -0.2) is 95.9 Å². The van der Waals surface area contributed by atoms with E-state index in [4.69, 9.17) is 9.72 Å². The van der Waals surface area contributed by atoms with Crippen molar-refractivity contribution < 1.29 is 33.8 Å². The molecule has 5 N–H and O–H groups in total. The van der Waals surface area contributed by atoms with E-state index in [9.17, 15) is 29.1 Å². The van der Waals surface area contributed by atoms with Crippen molar-refractivity contribution in [2.24, 2.45) is 0 Å². The molecule has 4 atom stereocenters. The minimum absolute atomic E-state index is 0.272. The van der Waals surface area contributed by atoms with Crippen LogP contribution in [0.1, 0.15) is 88.5 Å². The van der Waals surface area contributed by atoms with Crippen LogP contribution in [0.15, 0.2) is 115 Å². The van der Waals surface area contributed by atoms with Crippen LogP contribution in [0.2, 0.25) is 0 Å². The fraction of sp³-hybridized carbons (Fsp3) is 0.320. The lowest BCUT2D eigenvalue weighted by Gasteiger charge is -2.36. The number of anilines is 1. The average Bonchev–Trinajstić information content (AvgIpc) is 4.14. The predicted molar refractivity (Wildman–Crippen MR) is 246 cm³/mol. The van der Waals surface area contributed by atoms with Crippen molar-refractivity contribution in [3.05, 3.63) is 132 Å². The van der Waals surface area contributed by atoms with Gasteiger partial charge >= 0.3 is 12.2 Å². The Morgan fingerprint density at radius 2 is 1.40 bits per heavy atom. The van der Waals surface area contributed by atoms with Gasteiger partial charge in [-0.25, -0.2) is 14.6 Å². The lowest BCUT2D eigenvalue weighted by Crippen LogP contribution is -2.48. The molecule has 8 rings (SSSR count). The third kappa shape index (κ3) is 9.59. The minimum Gasteiger partial charge on any atom is -0.465 e. The number of carboxylic acid groups (broad SMARTS) is 1. The standard InChI is InChI=1S/C50H54N8O7/c1-30(2)58(50(63)64)44(35-15-9-6-10-16-35)48(61)56-25-11-17-41(56)45-51-29-40(54-45)33-21-19-32(20-22-33)39-28-36-27-37(23-24-38(36)53-39)52-46(59)42-18-12-26-57(42)47(60)43(34-13-7-5-8-14-34)55-49(62)65-31(3)4/h5-10,13-16,19-24,27-31,41-44,53H,11-12,17-18,25-26H2,1-4H3,(H,51,54)(H,52,59)(H,55,62)(H,63,64)/t41-,42-,43+,44+/m0/s1. The number of amides is 5. The molecule has 0 saturated carbocycles. The molecule has 4 aromatic carbocycles. The first-order chi connectivity index (χ1) is 31.4. The number of aromatic amines is 2. The van der Waals surface area contributed by atoms with Crippen molar-refractivity contribution >= 4 is 46.5 Å². The highest BCUT2D eigenvalue weighted by Crippen LogP contribution is 2.37. The molecule has 0 radical (unpaired) electrons. The van der Waals surface area contributed by atoms with Gasteiger partial charge in [-0.05, 0) is 99.9 Å². The summed E-state index contributed by atoms with van der Waals surface area (Å²) in [5.41, 5.74) is 6.22. The monoisotopic (exact) mass is 878 g/mol. The second-order valence-electron chi connectivity index (χ2n) is 17.2. The number of fused-ring (bicyclic) bond motifs is 1. The number of ether oxygens (including phenoxy) is 1. The SMILES string of the molecule is CC(C)OC(=O)N[C@@H](C(=O)N1CCC[C@H]1C(=O)Nc1ccc2[nH]c(-c3ccc(-c4cnc([C@@H]5CCCN5C(=O)[C@@H](c5ccccc5)N(C(=O)O)C(C)C)[nH]4)cc3)cc2c1)c1ccccc1. The number of H-pyrrole nitrogens is 2. The summed E-state index contributed by atoms with van der Waals surface area (Å²) >= 11 is 0. The number of nitrogens with one attached hydrogen (secondary N) is 4. The van der Waals surface area contributed by atoms with Crippen LogP contribution in [0, 0.1) is 0 Å². The smallest absolute Gasteiger partial charge is 0.408 e. The van der Waals surface area contributed by atoms with Gasteiger partial charge in [0.15, 0.2) is 0 Å². The normalized spacial score (nSPS) is 17.0. The number of hydrogen-bond acceptors (Lipinski definition) is 7. The fourth-order valence-electron chi connectivity index (χ4n) is 9.00. The third-order valence-corrected chi connectivity index (χ3v) is 12.1. The molecule has 336 valence electrons. The van der Waals surface area contributed by atoms with Gasteiger partial charge in [0.2, 0.25) is 5.91 Å². The zero-order valence-electron chi connectivity index (χ0n) is 36.9. The third-order valence-electron chi connectivity index (χ3n) is 12.1. The minimum atomic E-state index is -1.15. The molecule has 15 nitrogen and oxygen atoms in total. The van der Waals surface area contributed by atoms with E-state index in [-0.39, 0.29) is 29.9 Å². The number of aromatic nitrogens is 3. The van der Waals surface area contributed by atoms with Crippen LogP contribution in [0.25, 0.3) is 33.4 Å². The first kappa shape index (κ1) is 44.2. The highest BCUT2D eigenvalue weighted by molar-refractivity contribution is 6.00. The van der Waals surface area contributed by atoms with Gasteiger partial charge in [-0.2, -0.15) is 0 Å². The van der Waals surface area contributed by atoms with E-state index in [1.807, 2.05) is 72.8 Å². The molecule has 2 aliphatic rings. The Morgan fingerprint density at radius 3 is 2.06 bits per heavy atom. The molecule has 0 unspecified atom stereocenters. The summed E-state index contributed by atoms with van der Waals surface area (Å²) in [5, 5.41) is 16.8. The first-order valence-electron chi connectivity index (χ1n) is 22.1. The number of rotatable bonds is 13. The number of alkyl carbamates (subject to hydrolysis) is 1. The maximum atomic E-state index is 14.3. The predicted octanol–water partition coefficient (Wildman–Crippen LogP) is 8.82. The van der Waals surface area contributed by atoms with Gasteiger partial charge in [-0.1, -0.05) is 84.9 Å². The molecule has 2 aromatic heterocycles. The van der Waals surface area contributed by atoms with Gasteiger partial charge in [0.05, 0.1) is 24.0 Å². The van der Waals surface area contributed by atoms with Crippen LogP contribution in [0.4, 0.5) is 15.3 Å². The highest BCUT2D eigenvalue weighted by Gasteiger charge is 2.42. The molecule has 0 spiro atoms. The van der Waals surface area contributed by atoms with Crippen LogP contribution >= 0.6 is 0 Å². The van der Waals surface area contributed by atoms with E-state index in [2.05, 4.69) is 20.6 Å². The summed E-state index contributed by atoms with van der Waals surface area (Å²) in [6.45, 7) is 7.88. The Labute approximate surface area is 377 Å². The highest BCUT2D eigenvalue weighted by atomic mass is 16.6. The summed E-state index contributed by atoms with van der Waals surface area (Å²) in [6, 6.07) is 30.2. The number of imidazole rings is 1. The Kier molecular flexibility index (Phi) is 13.0. The Morgan fingerprint density at radius 1 is 0.754 bits per heavy atom. The van der Waals surface area contributed by atoms with Gasteiger partial charge in [-0.15, -0.1) is 0 Å². The van der Waals surface area contributed by atoms with Crippen LogP contribution < -0.4 is 10.6 Å². The molecule has 2 fully saturated rings. The largest absolute Gasteiger partial charge is 0.465 e. The molecular formula is C50H54N8O7. The number of hydrogen-bond donors (Lipinski definition) is 5. The number of likely N-dealkylation sites (tertiary alicyclic amines) is 2. The van der Waals surface area contributed by atoms with E-state index in [0.29, 0.717) is 55.0 Å². The molecule has 6 aromatic rings. The van der Waals surface area contributed by atoms with Gasteiger partial charge in [-0.3, -0.25) is 19.3 Å². The van der Waals surface area contributed by atoms with E-state index in [1.54, 1.807) is 80.1 Å². The van der Waals surface area contributed by atoms with Gasteiger partial charge < -0.3 is 40.2 Å². The molecule has 0 aliphatic carbocycles. The van der Waals surface area contributed by atoms with E-state index in [1.165, 1.54) is 4.90 Å². The van der Waals surface area contributed by atoms with E-state index < -0.39 is 36.4 Å². The first-order valence-corrected chi connectivity index (χ1v) is 22.1. The van der Waals surface area contributed by atoms with Gasteiger partial charge in [0.1, 0.15) is 23.9 Å². The lowest BCUT2D eigenvalue weighted by molar-refractivity contribution is -0.138. The summed E-state index contributed by atoms with van der Waals surface area (Å²) in [7, 11) is 0. The lowest BCUT2D eigenvalue weighted by atomic mass is 10.0. The summed E-state index contributed by atoms with van der Waals surface area (Å²) < 4.78 is 5.28. The molecule has 65 heavy (non-hydrogen) atoms. The van der Waals surface area contributed by atoms with Crippen molar-refractivity contribution in [2.45, 2.75) is 89.7 Å². The molecule has 15 heteroatoms. The van der Waals surface area contributed by atoms with E-state index in [0.717, 1.165) is 39.8 Å². The quantitative estimate of drug-likeness (QED) is 0.0760. The second kappa shape index (κ2) is 19.1. The fourth-order valence-corrected chi connectivity index (χ4v) is 9.00. The number of nitrogens with zero attached hydrogens (tertiary/aromatic N) is 4. The summed E-state index contributed by atoms with van der Waals surface area (Å²) in [4.78, 5) is 83.3. The second-order valence-corrected chi connectivity index (χ2v) is 17.2. The number of carbonyl (C=O) groups excluding carboxylic acids is 4. The molecule has 4 heterocycles. The Bertz CT molecular complexity index is 2660. The van der Waals surface area contributed by atoms with Crippen molar-refractivity contribution in [2.75, 3.05) is 18.4 Å². The van der Waals surface area contributed by atoms with Crippen LogP contribution in [-0.2, 0) is 19.1 Å². The average molecular weight is 879 g/mol. The molecule has 2 saturated heterocycles.